The lowest BCUT2D eigenvalue weighted by molar-refractivity contribution is 0.0938. The fourth-order valence-electron chi connectivity index (χ4n) is 3.21. The normalized spacial score (nSPS) is 11.3. The van der Waals surface area contributed by atoms with Crippen LogP contribution in [0.5, 0.6) is 5.75 Å². The van der Waals surface area contributed by atoms with Crippen LogP contribution in [0.3, 0.4) is 0 Å². The van der Waals surface area contributed by atoms with E-state index in [-0.39, 0.29) is 29.5 Å². The van der Waals surface area contributed by atoms with Gasteiger partial charge in [0.15, 0.2) is 11.4 Å². The van der Waals surface area contributed by atoms with Crippen molar-refractivity contribution < 1.29 is 17.9 Å². The van der Waals surface area contributed by atoms with Crippen molar-refractivity contribution in [2.45, 2.75) is 31.4 Å². The first-order chi connectivity index (χ1) is 16.2. The second-order valence-corrected chi connectivity index (χ2v) is 9.75. The summed E-state index contributed by atoms with van der Waals surface area (Å²) in [5.74, 6) is -0.573. The van der Waals surface area contributed by atoms with Gasteiger partial charge in [-0.05, 0) is 36.2 Å². The number of carbonyl (C=O) groups excluding carboxylic acids is 1. The third-order valence-corrected chi connectivity index (χ3v) is 6.72. The van der Waals surface area contributed by atoms with Gasteiger partial charge < -0.3 is 14.6 Å². The highest BCUT2D eigenvalue weighted by Gasteiger charge is 2.22. The molecule has 180 valence electrons. The molecule has 3 rings (SSSR count). The van der Waals surface area contributed by atoms with Crippen LogP contribution in [-0.2, 0) is 30.2 Å². The summed E-state index contributed by atoms with van der Waals surface area (Å²) in [6.07, 6.45) is 0.709. The fourth-order valence-corrected chi connectivity index (χ4v) is 4.33. The number of halogens is 1. The quantitative estimate of drug-likeness (QED) is 0.442. The Morgan fingerprint density at radius 3 is 2.41 bits per heavy atom. The van der Waals surface area contributed by atoms with Crippen molar-refractivity contribution in [3.8, 4) is 5.75 Å². The maximum Gasteiger partial charge on any atom is 0.271 e. The molecular formula is C24H26ClN3O5S. The van der Waals surface area contributed by atoms with E-state index in [2.05, 4.69) is 10.0 Å². The molecule has 0 unspecified atom stereocenters. The number of nitrogens with zero attached hydrogens (tertiary/aromatic N) is 1. The lowest BCUT2D eigenvalue weighted by Crippen LogP contribution is -2.33. The molecule has 0 saturated carbocycles. The monoisotopic (exact) mass is 503 g/mol. The lowest BCUT2D eigenvalue weighted by atomic mass is 10.2. The van der Waals surface area contributed by atoms with Gasteiger partial charge in [0.05, 0.1) is 11.4 Å². The lowest BCUT2D eigenvalue weighted by Gasteiger charge is -2.18. The van der Waals surface area contributed by atoms with Gasteiger partial charge in [0, 0.05) is 30.4 Å². The molecule has 0 aliphatic heterocycles. The van der Waals surface area contributed by atoms with Crippen molar-refractivity contribution >= 4 is 27.5 Å². The molecule has 1 heterocycles. The van der Waals surface area contributed by atoms with Crippen LogP contribution in [0.25, 0.3) is 0 Å². The molecule has 2 N–H and O–H groups in total. The molecule has 34 heavy (non-hydrogen) atoms. The van der Waals surface area contributed by atoms with E-state index in [1.807, 2.05) is 37.3 Å². The first kappa shape index (κ1) is 25.5. The van der Waals surface area contributed by atoms with E-state index >= 15 is 0 Å². The van der Waals surface area contributed by atoms with Crippen LogP contribution in [0.4, 0.5) is 0 Å². The van der Waals surface area contributed by atoms with E-state index in [1.54, 1.807) is 7.05 Å². The Labute approximate surface area is 203 Å². The predicted molar refractivity (Wildman–Crippen MR) is 131 cm³/mol. The first-order valence-electron chi connectivity index (χ1n) is 10.7. The molecule has 10 heteroatoms. The SMILES string of the molecule is CCCNC(=O)c1c(OCc2ccccc2)c(=O)cc(CNS(=O)(=O)c2ccc(Cl)cc2)n1C. The van der Waals surface area contributed by atoms with Gasteiger partial charge in [-0.25, -0.2) is 13.1 Å². The molecule has 0 bridgehead atoms. The summed E-state index contributed by atoms with van der Waals surface area (Å²) in [6.45, 7) is 2.23. The summed E-state index contributed by atoms with van der Waals surface area (Å²) in [4.78, 5) is 25.9. The van der Waals surface area contributed by atoms with Gasteiger partial charge in [-0.15, -0.1) is 0 Å². The summed E-state index contributed by atoms with van der Waals surface area (Å²) in [7, 11) is -2.28. The smallest absolute Gasteiger partial charge is 0.271 e. The topological polar surface area (TPSA) is 106 Å². The maximum atomic E-state index is 12.9. The van der Waals surface area contributed by atoms with Gasteiger partial charge in [-0.3, -0.25) is 9.59 Å². The second kappa shape index (κ2) is 11.3. The van der Waals surface area contributed by atoms with Crippen molar-refractivity contribution in [1.82, 2.24) is 14.6 Å². The minimum Gasteiger partial charge on any atom is -0.483 e. The molecular weight excluding hydrogens is 478 g/mol. The zero-order chi connectivity index (χ0) is 24.7. The van der Waals surface area contributed by atoms with Crippen LogP contribution in [0, 0.1) is 0 Å². The molecule has 0 fully saturated rings. The summed E-state index contributed by atoms with van der Waals surface area (Å²) >= 11 is 5.83. The Morgan fingerprint density at radius 2 is 1.76 bits per heavy atom. The van der Waals surface area contributed by atoms with Crippen LogP contribution in [0.2, 0.25) is 5.02 Å². The molecule has 0 radical (unpaired) electrons. The molecule has 3 aromatic rings. The number of hydrogen-bond acceptors (Lipinski definition) is 5. The zero-order valence-corrected chi connectivity index (χ0v) is 20.4. The van der Waals surface area contributed by atoms with Gasteiger partial charge in [-0.2, -0.15) is 0 Å². The average molecular weight is 504 g/mol. The zero-order valence-electron chi connectivity index (χ0n) is 18.9. The maximum absolute atomic E-state index is 12.9. The Bertz CT molecular complexity index is 1310. The number of sulfonamides is 1. The standard InChI is InChI=1S/C24H26ClN3O5S/c1-3-13-26-24(30)22-23(33-16-17-7-5-4-6-8-17)21(29)14-19(28(22)2)15-27-34(31,32)20-11-9-18(25)10-12-20/h4-12,14,27H,3,13,15-16H2,1-2H3,(H,26,30). The number of nitrogens with one attached hydrogen (secondary N) is 2. The van der Waals surface area contributed by atoms with Crippen molar-refractivity contribution in [2.24, 2.45) is 7.05 Å². The summed E-state index contributed by atoms with van der Waals surface area (Å²) in [5.41, 5.74) is 0.648. The number of hydrogen-bond donors (Lipinski definition) is 2. The highest BCUT2D eigenvalue weighted by molar-refractivity contribution is 7.89. The first-order valence-corrected chi connectivity index (χ1v) is 12.5. The molecule has 1 amide bonds. The summed E-state index contributed by atoms with van der Waals surface area (Å²) < 4.78 is 35.0. The van der Waals surface area contributed by atoms with Gasteiger partial charge in [0.2, 0.25) is 15.5 Å². The van der Waals surface area contributed by atoms with Crippen molar-refractivity contribution in [1.29, 1.82) is 0 Å². The third kappa shape index (κ3) is 6.25. The number of rotatable bonds is 10. The van der Waals surface area contributed by atoms with E-state index < -0.39 is 21.4 Å². The van der Waals surface area contributed by atoms with E-state index in [9.17, 15) is 18.0 Å². The highest BCUT2D eigenvalue weighted by atomic mass is 35.5. The van der Waals surface area contributed by atoms with Crippen molar-refractivity contribution in [3.05, 3.63) is 92.9 Å². The second-order valence-electron chi connectivity index (χ2n) is 7.55. The van der Waals surface area contributed by atoms with Gasteiger partial charge in [-0.1, -0.05) is 48.9 Å². The van der Waals surface area contributed by atoms with Crippen LogP contribution in [0.1, 0.15) is 35.1 Å². The average Bonchev–Trinajstić information content (AvgIpc) is 2.82. The number of carbonyl (C=O) groups is 1. The van der Waals surface area contributed by atoms with E-state index in [1.165, 1.54) is 34.9 Å². The largest absolute Gasteiger partial charge is 0.483 e. The highest BCUT2D eigenvalue weighted by Crippen LogP contribution is 2.18. The molecule has 2 aromatic carbocycles. The van der Waals surface area contributed by atoms with Crippen LogP contribution in [-0.4, -0.2) is 25.4 Å². The Morgan fingerprint density at radius 1 is 1.09 bits per heavy atom. The fraction of sp³-hybridized carbons (Fsp3) is 0.250. The van der Waals surface area contributed by atoms with Gasteiger partial charge in [0.25, 0.3) is 5.91 Å². The van der Waals surface area contributed by atoms with Gasteiger partial charge >= 0.3 is 0 Å². The Kier molecular flexibility index (Phi) is 8.49. The van der Waals surface area contributed by atoms with Crippen molar-refractivity contribution in [3.63, 3.8) is 0 Å². The molecule has 0 spiro atoms. The molecule has 0 aliphatic rings. The number of amides is 1. The van der Waals surface area contributed by atoms with E-state index in [4.69, 9.17) is 16.3 Å². The molecule has 0 saturated heterocycles. The number of ether oxygens (including phenoxy) is 1. The van der Waals surface area contributed by atoms with Gasteiger partial charge in [0.1, 0.15) is 6.61 Å². The van der Waals surface area contributed by atoms with Crippen LogP contribution >= 0.6 is 11.6 Å². The van der Waals surface area contributed by atoms with Crippen LogP contribution < -0.4 is 20.2 Å². The third-order valence-electron chi connectivity index (χ3n) is 5.05. The summed E-state index contributed by atoms with van der Waals surface area (Å²) in [5, 5.41) is 3.17. The van der Waals surface area contributed by atoms with Crippen LogP contribution in [0.15, 0.2) is 70.4 Å². The van der Waals surface area contributed by atoms with Crippen molar-refractivity contribution in [2.75, 3.05) is 6.54 Å². The summed E-state index contributed by atoms with van der Waals surface area (Å²) in [6, 6.07) is 16.2. The predicted octanol–water partition coefficient (Wildman–Crippen LogP) is 3.24. The minimum absolute atomic E-state index is 0.0255. The molecule has 0 atom stereocenters. The van der Waals surface area contributed by atoms with E-state index in [0.29, 0.717) is 23.7 Å². The Hall–Kier alpha value is -3.14. The molecule has 1 aromatic heterocycles. The number of benzene rings is 2. The Balaban J connectivity index is 1.92. The minimum atomic E-state index is -3.86. The number of pyridine rings is 1. The molecule has 8 nitrogen and oxygen atoms in total. The van der Waals surface area contributed by atoms with E-state index in [0.717, 1.165) is 5.56 Å². The number of aromatic nitrogens is 1. The molecule has 0 aliphatic carbocycles.